The minimum absolute atomic E-state index is 0.359. The first-order valence-corrected chi connectivity index (χ1v) is 7.03. The van der Waals surface area contributed by atoms with E-state index in [2.05, 4.69) is 5.10 Å². The summed E-state index contributed by atoms with van der Waals surface area (Å²) in [6.45, 7) is 1.40. The molecule has 0 aliphatic rings. The maximum absolute atomic E-state index is 11.5. The number of aryl methyl sites for hydroxylation is 1. The molecule has 4 heteroatoms. The number of rotatable bonds is 3. The van der Waals surface area contributed by atoms with Crippen molar-refractivity contribution in [2.24, 2.45) is 7.05 Å². The number of nitrogens with zero attached hydrogens (tertiary/aromatic N) is 2. The van der Waals surface area contributed by atoms with Gasteiger partial charge in [0.25, 0.3) is 0 Å². The van der Waals surface area contributed by atoms with E-state index in [1.165, 1.54) is 6.92 Å². The van der Waals surface area contributed by atoms with Crippen LogP contribution in [0.25, 0.3) is 22.5 Å². The average Bonchev–Trinajstić information content (AvgIpc) is 2.85. The Morgan fingerprint density at radius 3 is 2.05 bits per heavy atom. The molecule has 0 unspecified atom stereocenters. The first-order chi connectivity index (χ1) is 10.7. The second-order valence-corrected chi connectivity index (χ2v) is 4.98. The molecule has 0 aliphatic heterocycles. The SMILES string of the molecule is CC(=O)Oc1c(-c2ccccc2)nn(C)c1-c1ccccc1. The summed E-state index contributed by atoms with van der Waals surface area (Å²) in [5.41, 5.74) is 3.32. The van der Waals surface area contributed by atoms with Crippen LogP contribution >= 0.6 is 0 Å². The Morgan fingerprint density at radius 1 is 0.955 bits per heavy atom. The summed E-state index contributed by atoms with van der Waals surface area (Å²) in [5.74, 6) is 0.134. The molecule has 0 saturated carbocycles. The predicted molar refractivity (Wildman–Crippen MR) is 85.4 cm³/mol. The first kappa shape index (κ1) is 14.1. The van der Waals surface area contributed by atoms with Crippen LogP contribution in [0, 0.1) is 0 Å². The molecule has 3 rings (SSSR count). The van der Waals surface area contributed by atoms with Gasteiger partial charge >= 0.3 is 5.97 Å². The second-order valence-electron chi connectivity index (χ2n) is 4.98. The number of esters is 1. The fourth-order valence-corrected chi connectivity index (χ4v) is 2.44. The number of benzene rings is 2. The van der Waals surface area contributed by atoms with Crippen molar-refractivity contribution < 1.29 is 9.53 Å². The van der Waals surface area contributed by atoms with Crippen LogP contribution in [0.2, 0.25) is 0 Å². The van der Waals surface area contributed by atoms with E-state index in [9.17, 15) is 4.79 Å². The van der Waals surface area contributed by atoms with Gasteiger partial charge in [-0.25, -0.2) is 0 Å². The zero-order valence-corrected chi connectivity index (χ0v) is 12.5. The van der Waals surface area contributed by atoms with Gasteiger partial charge in [0.15, 0.2) is 5.75 Å². The van der Waals surface area contributed by atoms with Gasteiger partial charge in [-0.2, -0.15) is 5.10 Å². The Kier molecular flexibility index (Phi) is 3.74. The molecule has 0 saturated heterocycles. The third kappa shape index (κ3) is 2.63. The molecule has 0 atom stereocenters. The minimum atomic E-state index is -0.359. The van der Waals surface area contributed by atoms with Gasteiger partial charge in [0.05, 0.1) is 0 Å². The molecular formula is C18H16N2O2. The molecule has 1 aromatic heterocycles. The molecule has 3 aromatic rings. The van der Waals surface area contributed by atoms with E-state index in [0.717, 1.165) is 16.8 Å². The van der Waals surface area contributed by atoms with Gasteiger partial charge < -0.3 is 4.74 Å². The van der Waals surface area contributed by atoms with E-state index < -0.39 is 0 Å². The monoisotopic (exact) mass is 292 g/mol. The molecule has 0 aliphatic carbocycles. The fraction of sp³-hybridized carbons (Fsp3) is 0.111. The first-order valence-electron chi connectivity index (χ1n) is 7.03. The fourth-order valence-electron chi connectivity index (χ4n) is 2.44. The van der Waals surface area contributed by atoms with Crippen molar-refractivity contribution in [2.75, 3.05) is 0 Å². The number of aromatic nitrogens is 2. The zero-order valence-electron chi connectivity index (χ0n) is 12.5. The average molecular weight is 292 g/mol. The maximum Gasteiger partial charge on any atom is 0.308 e. The van der Waals surface area contributed by atoms with Gasteiger partial charge in [-0.3, -0.25) is 9.48 Å². The van der Waals surface area contributed by atoms with Crippen LogP contribution in [0.15, 0.2) is 60.7 Å². The summed E-state index contributed by atoms with van der Waals surface area (Å²) in [6.07, 6.45) is 0. The Hall–Kier alpha value is -2.88. The van der Waals surface area contributed by atoms with E-state index in [1.807, 2.05) is 67.7 Å². The number of hydrogen-bond donors (Lipinski definition) is 0. The third-order valence-corrected chi connectivity index (χ3v) is 3.34. The summed E-state index contributed by atoms with van der Waals surface area (Å²) in [6, 6.07) is 19.5. The van der Waals surface area contributed by atoms with Crippen LogP contribution < -0.4 is 4.74 Å². The van der Waals surface area contributed by atoms with E-state index in [0.29, 0.717) is 11.4 Å². The topological polar surface area (TPSA) is 44.1 Å². The molecule has 110 valence electrons. The zero-order chi connectivity index (χ0) is 15.5. The standard InChI is InChI=1S/C18H16N2O2/c1-13(21)22-18-16(14-9-5-3-6-10-14)19-20(2)17(18)15-11-7-4-8-12-15/h3-12H,1-2H3. The molecule has 4 nitrogen and oxygen atoms in total. The van der Waals surface area contributed by atoms with Gasteiger partial charge in [-0.15, -0.1) is 0 Å². The summed E-state index contributed by atoms with van der Waals surface area (Å²) in [5, 5.41) is 4.55. The van der Waals surface area contributed by atoms with Crippen molar-refractivity contribution in [3.8, 4) is 28.3 Å². The van der Waals surface area contributed by atoms with E-state index >= 15 is 0 Å². The molecule has 0 N–H and O–H groups in total. The van der Waals surface area contributed by atoms with Crippen LogP contribution in [0.3, 0.4) is 0 Å². The summed E-state index contributed by atoms with van der Waals surface area (Å²) in [4.78, 5) is 11.5. The molecule has 0 amide bonds. The Morgan fingerprint density at radius 2 is 1.50 bits per heavy atom. The lowest BCUT2D eigenvalue weighted by molar-refractivity contribution is -0.131. The van der Waals surface area contributed by atoms with E-state index in [1.54, 1.807) is 4.68 Å². The third-order valence-electron chi connectivity index (χ3n) is 3.34. The summed E-state index contributed by atoms with van der Waals surface area (Å²) >= 11 is 0. The number of hydrogen-bond acceptors (Lipinski definition) is 3. The normalized spacial score (nSPS) is 10.5. The molecule has 22 heavy (non-hydrogen) atoms. The smallest absolute Gasteiger partial charge is 0.308 e. The molecule has 0 spiro atoms. The molecule has 1 heterocycles. The van der Waals surface area contributed by atoms with Gasteiger partial charge in [-0.05, 0) is 0 Å². The van der Waals surface area contributed by atoms with Crippen molar-refractivity contribution >= 4 is 5.97 Å². The molecule has 2 aromatic carbocycles. The maximum atomic E-state index is 11.5. The Balaban J connectivity index is 2.22. The van der Waals surface area contributed by atoms with Gasteiger partial charge in [-0.1, -0.05) is 60.7 Å². The predicted octanol–water partition coefficient (Wildman–Crippen LogP) is 3.68. The molecule has 0 bridgehead atoms. The van der Waals surface area contributed by atoms with E-state index in [4.69, 9.17) is 4.74 Å². The van der Waals surface area contributed by atoms with Crippen LogP contribution in [0.4, 0.5) is 0 Å². The summed E-state index contributed by atoms with van der Waals surface area (Å²) in [7, 11) is 1.85. The Labute approximate surface area is 129 Å². The number of carbonyl (C=O) groups is 1. The summed E-state index contributed by atoms with van der Waals surface area (Å²) < 4.78 is 7.23. The van der Waals surface area contributed by atoms with Crippen LogP contribution in [0.5, 0.6) is 5.75 Å². The lowest BCUT2D eigenvalue weighted by Crippen LogP contribution is -2.03. The lowest BCUT2D eigenvalue weighted by Gasteiger charge is -2.07. The van der Waals surface area contributed by atoms with Crippen molar-refractivity contribution in [1.82, 2.24) is 9.78 Å². The number of ether oxygens (including phenoxy) is 1. The quantitative estimate of drug-likeness (QED) is 0.692. The van der Waals surface area contributed by atoms with E-state index in [-0.39, 0.29) is 5.97 Å². The van der Waals surface area contributed by atoms with Gasteiger partial charge in [0.1, 0.15) is 11.4 Å². The van der Waals surface area contributed by atoms with Crippen molar-refractivity contribution in [3.63, 3.8) is 0 Å². The highest BCUT2D eigenvalue weighted by molar-refractivity contribution is 5.82. The highest BCUT2D eigenvalue weighted by Gasteiger charge is 2.21. The molecule has 0 fully saturated rings. The molecule has 0 radical (unpaired) electrons. The Bertz CT molecular complexity index is 793. The highest BCUT2D eigenvalue weighted by Crippen LogP contribution is 2.38. The second kappa shape index (κ2) is 5.85. The van der Waals surface area contributed by atoms with Crippen LogP contribution in [0.1, 0.15) is 6.92 Å². The van der Waals surface area contributed by atoms with Crippen LogP contribution in [-0.2, 0) is 11.8 Å². The minimum Gasteiger partial charge on any atom is -0.422 e. The largest absolute Gasteiger partial charge is 0.422 e. The van der Waals surface area contributed by atoms with Gasteiger partial charge in [0, 0.05) is 25.1 Å². The van der Waals surface area contributed by atoms with Crippen LogP contribution in [-0.4, -0.2) is 15.7 Å². The lowest BCUT2D eigenvalue weighted by atomic mass is 10.1. The van der Waals surface area contributed by atoms with Crippen molar-refractivity contribution in [1.29, 1.82) is 0 Å². The van der Waals surface area contributed by atoms with Crippen molar-refractivity contribution in [2.45, 2.75) is 6.92 Å². The highest BCUT2D eigenvalue weighted by atomic mass is 16.5. The van der Waals surface area contributed by atoms with Gasteiger partial charge in [0.2, 0.25) is 0 Å². The number of carbonyl (C=O) groups excluding carboxylic acids is 1. The van der Waals surface area contributed by atoms with Crippen molar-refractivity contribution in [3.05, 3.63) is 60.7 Å². The molecular weight excluding hydrogens is 276 g/mol.